The van der Waals surface area contributed by atoms with E-state index in [1.807, 2.05) is 20.0 Å². The summed E-state index contributed by atoms with van der Waals surface area (Å²) in [5, 5.41) is 0. The van der Waals surface area contributed by atoms with Gasteiger partial charge >= 0.3 is 0 Å². The second kappa shape index (κ2) is 4.05. The second-order valence-electron chi connectivity index (χ2n) is 3.30. The van der Waals surface area contributed by atoms with Crippen LogP contribution in [0.25, 0.3) is 0 Å². The largest absolute Gasteiger partial charge is 0.357 e. The van der Waals surface area contributed by atoms with E-state index in [1.165, 1.54) is 0 Å². The SMILES string of the molecule is Cc1nc(Br)cc(N(C)C(C)C)n1. The van der Waals surface area contributed by atoms with E-state index in [9.17, 15) is 0 Å². The van der Waals surface area contributed by atoms with E-state index in [0.29, 0.717) is 6.04 Å². The van der Waals surface area contributed by atoms with Crippen molar-refractivity contribution in [1.82, 2.24) is 9.97 Å². The maximum absolute atomic E-state index is 4.34. The average molecular weight is 244 g/mol. The zero-order valence-corrected chi connectivity index (χ0v) is 9.96. The molecular weight excluding hydrogens is 230 g/mol. The average Bonchev–Trinajstić information content (AvgIpc) is 2.01. The lowest BCUT2D eigenvalue weighted by Crippen LogP contribution is -2.26. The van der Waals surface area contributed by atoms with E-state index < -0.39 is 0 Å². The molecule has 0 saturated carbocycles. The third-order valence-corrected chi connectivity index (χ3v) is 2.34. The Morgan fingerprint density at radius 1 is 1.38 bits per heavy atom. The molecule has 0 aliphatic heterocycles. The molecule has 0 spiro atoms. The standard InChI is InChI=1S/C9H14BrN3/c1-6(2)13(4)9-5-8(10)11-7(3)12-9/h5-6H,1-4H3. The van der Waals surface area contributed by atoms with Crippen molar-refractivity contribution in [2.45, 2.75) is 26.8 Å². The minimum Gasteiger partial charge on any atom is -0.357 e. The fourth-order valence-corrected chi connectivity index (χ4v) is 1.42. The van der Waals surface area contributed by atoms with E-state index in [1.54, 1.807) is 0 Å². The van der Waals surface area contributed by atoms with Crippen LogP contribution in [0.2, 0.25) is 0 Å². The molecule has 0 fully saturated rings. The smallest absolute Gasteiger partial charge is 0.133 e. The van der Waals surface area contributed by atoms with Crippen LogP contribution in [0.15, 0.2) is 10.7 Å². The molecule has 4 heteroatoms. The zero-order chi connectivity index (χ0) is 10.0. The Bertz CT molecular complexity index is 279. The molecular formula is C9H14BrN3. The van der Waals surface area contributed by atoms with Gasteiger partial charge in [-0.3, -0.25) is 0 Å². The zero-order valence-electron chi connectivity index (χ0n) is 8.37. The molecule has 0 N–H and O–H groups in total. The van der Waals surface area contributed by atoms with Crippen molar-refractivity contribution in [2.24, 2.45) is 0 Å². The van der Waals surface area contributed by atoms with Gasteiger partial charge in [0.1, 0.15) is 16.2 Å². The Hall–Kier alpha value is -0.640. The van der Waals surface area contributed by atoms with E-state index in [2.05, 4.69) is 44.6 Å². The summed E-state index contributed by atoms with van der Waals surface area (Å²) in [4.78, 5) is 10.6. The first kappa shape index (κ1) is 10.4. The van der Waals surface area contributed by atoms with Crippen molar-refractivity contribution in [2.75, 3.05) is 11.9 Å². The number of rotatable bonds is 2. The van der Waals surface area contributed by atoms with Gasteiger partial charge in [-0.05, 0) is 36.7 Å². The summed E-state index contributed by atoms with van der Waals surface area (Å²) in [5.41, 5.74) is 0. The molecule has 0 saturated heterocycles. The molecule has 0 radical (unpaired) electrons. The highest BCUT2D eigenvalue weighted by Crippen LogP contribution is 2.16. The van der Waals surface area contributed by atoms with Crippen molar-refractivity contribution < 1.29 is 0 Å². The molecule has 1 aromatic rings. The van der Waals surface area contributed by atoms with Gasteiger partial charge in [0.05, 0.1) is 0 Å². The number of nitrogens with zero attached hydrogens (tertiary/aromatic N) is 3. The Kier molecular flexibility index (Phi) is 3.25. The fraction of sp³-hybridized carbons (Fsp3) is 0.556. The minimum atomic E-state index is 0.446. The molecule has 0 amide bonds. The van der Waals surface area contributed by atoms with Crippen LogP contribution in [0.5, 0.6) is 0 Å². The topological polar surface area (TPSA) is 29.0 Å². The molecule has 1 heterocycles. The Labute approximate surface area is 87.3 Å². The summed E-state index contributed by atoms with van der Waals surface area (Å²) in [6, 6.07) is 2.37. The van der Waals surface area contributed by atoms with Crippen LogP contribution < -0.4 is 4.90 Å². The van der Waals surface area contributed by atoms with Crippen molar-refractivity contribution >= 4 is 21.7 Å². The predicted molar refractivity (Wildman–Crippen MR) is 58.0 cm³/mol. The van der Waals surface area contributed by atoms with Gasteiger partial charge in [-0.25, -0.2) is 9.97 Å². The first-order chi connectivity index (χ1) is 6.00. The van der Waals surface area contributed by atoms with Crippen LogP contribution in [0.1, 0.15) is 19.7 Å². The molecule has 0 bridgehead atoms. The molecule has 0 atom stereocenters. The van der Waals surface area contributed by atoms with Gasteiger partial charge in [-0.15, -0.1) is 0 Å². The third kappa shape index (κ3) is 2.66. The summed E-state index contributed by atoms with van der Waals surface area (Å²) >= 11 is 3.35. The van der Waals surface area contributed by atoms with E-state index in [-0.39, 0.29) is 0 Å². The van der Waals surface area contributed by atoms with Crippen LogP contribution in [0, 0.1) is 6.92 Å². The maximum Gasteiger partial charge on any atom is 0.133 e. The van der Waals surface area contributed by atoms with Crippen molar-refractivity contribution in [3.05, 3.63) is 16.5 Å². The van der Waals surface area contributed by atoms with Gasteiger partial charge in [0, 0.05) is 19.2 Å². The first-order valence-corrected chi connectivity index (χ1v) is 5.04. The molecule has 0 aromatic carbocycles. The van der Waals surface area contributed by atoms with Crippen LogP contribution in [-0.4, -0.2) is 23.1 Å². The van der Waals surface area contributed by atoms with Gasteiger partial charge in [0.2, 0.25) is 0 Å². The van der Waals surface area contributed by atoms with Gasteiger partial charge in [-0.1, -0.05) is 0 Å². The highest BCUT2D eigenvalue weighted by molar-refractivity contribution is 9.10. The monoisotopic (exact) mass is 243 g/mol. The quantitative estimate of drug-likeness (QED) is 0.748. The van der Waals surface area contributed by atoms with Crippen LogP contribution in [-0.2, 0) is 0 Å². The van der Waals surface area contributed by atoms with E-state index >= 15 is 0 Å². The number of aryl methyl sites for hydroxylation is 1. The molecule has 13 heavy (non-hydrogen) atoms. The lowest BCUT2D eigenvalue weighted by atomic mass is 10.3. The van der Waals surface area contributed by atoms with Gasteiger partial charge < -0.3 is 4.90 Å². The normalized spacial score (nSPS) is 10.6. The highest BCUT2D eigenvalue weighted by atomic mass is 79.9. The summed E-state index contributed by atoms with van der Waals surface area (Å²) in [5.74, 6) is 1.74. The van der Waals surface area contributed by atoms with Gasteiger partial charge in [0.25, 0.3) is 0 Å². The Morgan fingerprint density at radius 3 is 2.46 bits per heavy atom. The van der Waals surface area contributed by atoms with Crippen LogP contribution in [0.4, 0.5) is 5.82 Å². The van der Waals surface area contributed by atoms with Crippen LogP contribution in [0.3, 0.4) is 0 Å². The molecule has 0 aliphatic carbocycles. The number of hydrogen-bond acceptors (Lipinski definition) is 3. The van der Waals surface area contributed by atoms with E-state index in [0.717, 1.165) is 16.2 Å². The number of hydrogen-bond donors (Lipinski definition) is 0. The first-order valence-electron chi connectivity index (χ1n) is 4.24. The lowest BCUT2D eigenvalue weighted by molar-refractivity contribution is 0.738. The van der Waals surface area contributed by atoms with Crippen LogP contribution >= 0.6 is 15.9 Å². The maximum atomic E-state index is 4.34. The Balaban J connectivity index is 3.01. The predicted octanol–water partition coefficient (Wildman–Crippen LogP) is 2.39. The summed E-state index contributed by atoms with van der Waals surface area (Å²) in [6.45, 7) is 6.15. The van der Waals surface area contributed by atoms with Crippen molar-refractivity contribution in [3.63, 3.8) is 0 Å². The second-order valence-corrected chi connectivity index (χ2v) is 4.11. The van der Waals surface area contributed by atoms with Crippen molar-refractivity contribution in [3.8, 4) is 0 Å². The Morgan fingerprint density at radius 2 is 2.00 bits per heavy atom. The van der Waals surface area contributed by atoms with Crippen molar-refractivity contribution in [1.29, 1.82) is 0 Å². The third-order valence-electron chi connectivity index (χ3n) is 1.93. The van der Waals surface area contributed by atoms with E-state index in [4.69, 9.17) is 0 Å². The summed E-state index contributed by atoms with van der Waals surface area (Å²) in [7, 11) is 2.03. The molecule has 0 unspecified atom stereocenters. The molecule has 72 valence electrons. The number of anilines is 1. The number of halogens is 1. The molecule has 3 nitrogen and oxygen atoms in total. The van der Waals surface area contributed by atoms with Gasteiger partial charge in [0.15, 0.2) is 0 Å². The molecule has 0 aliphatic rings. The summed E-state index contributed by atoms with van der Waals surface area (Å²) < 4.78 is 0.836. The summed E-state index contributed by atoms with van der Waals surface area (Å²) in [6.07, 6.45) is 0. The highest BCUT2D eigenvalue weighted by Gasteiger charge is 2.07. The molecule has 1 rings (SSSR count). The number of aromatic nitrogens is 2. The van der Waals surface area contributed by atoms with Gasteiger partial charge in [-0.2, -0.15) is 0 Å². The fourth-order valence-electron chi connectivity index (χ4n) is 0.962. The lowest BCUT2D eigenvalue weighted by Gasteiger charge is -2.22. The molecule has 1 aromatic heterocycles. The minimum absolute atomic E-state index is 0.446.